The highest BCUT2D eigenvalue weighted by Crippen LogP contribution is 2.26. The van der Waals surface area contributed by atoms with Crippen LogP contribution < -0.4 is 5.73 Å². The van der Waals surface area contributed by atoms with Gasteiger partial charge in [0.15, 0.2) is 9.84 Å². The lowest BCUT2D eigenvalue weighted by molar-refractivity contribution is 0.463. The summed E-state index contributed by atoms with van der Waals surface area (Å²) in [6, 6.07) is 4.34. The smallest absolute Gasteiger partial charge is 0.152 e. The molecule has 0 bridgehead atoms. The highest BCUT2D eigenvalue weighted by atomic mass is 35.5. The van der Waals surface area contributed by atoms with Gasteiger partial charge in [-0.3, -0.25) is 0 Å². The molecule has 0 aliphatic carbocycles. The van der Waals surface area contributed by atoms with Crippen LogP contribution in [-0.2, 0) is 16.3 Å². The Hall–Kier alpha value is -0.650. The summed E-state index contributed by atoms with van der Waals surface area (Å²) in [5, 5.41) is 0.316. The summed E-state index contributed by atoms with van der Waals surface area (Å²) >= 11 is 5.65. The molecule has 1 atom stereocenters. The third kappa shape index (κ3) is 2.97. The molecule has 6 heteroatoms. The molecule has 3 nitrogen and oxygen atoms in total. The first-order valence-electron chi connectivity index (χ1n) is 5.23. The molecular formula is C11H13ClFNO2S. The number of sulfone groups is 1. The van der Waals surface area contributed by atoms with Gasteiger partial charge >= 0.3 is 0 Å². The first kappa shape index (κ1) is 12.8. The van der Waals surface area contributed by atoms with Crippen molar-refractivity contribution in [1.29, 1.82) is 0 Å². The van der Waals surface area contributed by atoms with E-state index in [0.717, 1.165) is 0 Å². The average molecular weight is 278 g/mol. The zero-order valence-electron chi connectivity index (χ0n) is 9.12. The van der Waals surface area contributed by atoms with Crippen molar-refractivity contribution < 1.29 is 12.8 Å². The maximum atomic E-state index is 13.6. The van der Waals surface area contributed by atoms with Crippen molar-refractivity contribution in [2.24, 2.45) is 5.73 Å². The van der Waals surface area contributed by atoms with E-state index in [2.05, 4.69) is 0 Å². The first-order chi connectivity index (χ1) is 7.80. The molecule has 0 spiro atoms. The van der Waals surface area contributed by atoms with E-state index in [1.165, 1.54) is 6.07 Å². The Bertz CT molecular complexity index is 546. The van der Waals surface area contributed by atoms with Gasteiger partial charge in [-0.2, -0.15) is 0 Å². The Morgan fingerprint density at radius 3 is 2.71 bits per heavy atom. The highest BCUT2D eigenvalue weighted by Gasteiger charge is 2.39. The van der Waals surface area contributed by atoms with Gasteiger partial charge in [0.1, 0.15) is 5.82 Å². The second-order valence-corrected chi connectivity index (χ2v) is 7.24. The van der Waals surface area contributed by atoms with Crippen molar-refractivity contribution in [3.63, 3.8) is 0 Å². The van der Waals surface area contributed by atoms with Crippen molar-refractivity contribution in [3.05, 3.63) is 34.6 Å². The minimum Gasteiger partial charge on any atom is -0.324 e. The summed E-state index contributed by atoms with van der Waals surface area (Å²) < 4.78 is 36.3. The normalized spacial score (nSPS) is 27.2. The van der Waals surface area contributed by atoms with Gasteiger partial charge in [0.05, 0.1) is 11.5 Å². The quantitative estimate of drug-likeness (QED) is 0.892. The third-order valence-corrected chi connectivity index (χ3v) is 5.05. The Morgan fingerprint density at radius 1 is 1.47 bits per heavy atom. The van der Waals surface area contributed by atoms with Crippen LogP contribution in [0.3, 0.4) is 0 Å². The largest absolute Gasteiger partial charge is 0.324 e. The first-order valence-corrected chi connectivity index (χ1v) is 7.43. The molecule has 0 amide bonds. The van der Waals surface area contributed by atoms with Gasteiger partial charge in [-0.05, 0) is 30.5 Å². The molecule has 1 unspecified atom stereocenters. The topological polar surface area (TPSA) is 60.2 Å². The van der Waals surface area contributed by atoms with E-state index in [-0.39, 0.29) is 17.9 Å². The van der Waals surface area contributed by atoms with E-state index in [1.54, 1.807) is 12.1 Å². The molecule has 0 radical (unpaired) electrons. The Labute approximate surface area is 105 Å². The molecule has 94 valence electrons. The molecular weight excluding hydrogens is 265 g/mol. The fourth-order valence-electron chi connectivity index (χ4n) is 2.12. The van der Waals surface area contributed by atoms with Gasteiger partial charge in [0.2, 0.25) is 0 Å². The second kappa shape index (κ2) is 4.23. The van der Waals surface area contributed by atoms with E-state index < -0.39 is 21.2 Å². The van der Waals surface area contributed by atoms with Gasteiger partial charge in [-0.25, -0.2) is 12.8 Å². The number of hydrogen-bond donors (Lipinski definition) is 1. The fraction of sp³-hybridized carbons (Fsp3) is 0.455. The molecule has 1 saturated heterocycles. The Kier molecular flexibility index (Phi) is 3.18. The summed E-state index contributed by atoms with van der Waals surface area (Å²) in [5.74, 6) is -0.438. The number of benzene rings is 1. The van der Waals surface area contributed by atoms with E-state index >= 15 is 0 Å². The van der Waals surface area contributed by atoms with Crippen LogP contribution in [0.5, 0.6) is 0 Å². The number of nitrogens with two attached hydrogens (primary N) is 1. The predicted molar refractivity (Wildman–Crippen MR) is 65.3 cm³/mol. The van der Waals surface area contributed by atoms with Crippen LogP contribution in [0.15, 0.2) is 18.2 Å². The van der Waals surface area contributed by atoms with E-state index in [4.69, 9.17) is 17.3 Å². The Balaban J connectivity index is 2.22. The summed E-state index contributed by atoms with van der Waals surface area (Å²) in [7, 11) is -3.07. The van der Waals surface area contributed by atoms with Crippen LogP contribution in [0.25, 0.3) is 0 Å². The van der Waals surface area contributed by atoms with Crippen LogP contribution in [0.2, 0.25) is 5.02 Å². The van der Waals surface area contributed by atoms with Crippen LogP contribution in [0.4, 0.5) is 4.39 Å². The lowest BCUT2D eigenvalue weighted by Gasteiger charge is -2.22. The lowest BCUT2D eigenvalue weighted by Crippen LogP contribution is -2.43. The highest BCUT2D eigenvalue weighted by molar-refractivity contribution is 7.91. The molecule has 1 aliphatic rings. The molecule has 1 aliphatic heterocycles. The SMILES string of the molecule is NC1(Cc2ccc(Cl)cc2F)CCS(=O)(=O)C1. The van der Waals surface area contributed by atoms with E-state index in [9.17, 15) is 12.8 Å². The zero-order chi connectivity index (χ0) is 12.7. The molecule has 2 N–H and O–H groups in total. The summed E-state index contributed by atoms with van der Waals surface area (Å²) in [6.07, 6.45) is 0.590. The van der Waals surface area contributed by atoms with Crippen LogP contribution in [0.1, 0.15) is 12.0 Å². The third-order valence-electron chi connectivity index (χ3n) is 2.98. The number of rotatable bonds is 2. The Morgan fingerprint density at radius 2 is 2.18 bits per heavy atom. The summed E-state index contributed by atoms with van der Waals surface area (Å²) in [6.45, 7) is 0. The average Bonchev–Trinajstić information content (AvgIpc) is 2.46. The molecule has 1 aromatic rings. The van der Waals surface area contributed by atoms with Crippen molar-refractivity contribution in [2.45, 2.75) is 18.4 Å². The maximum absolute atomic E-state index is 13.6. The van der Waals surface area contributed by atoms with Crippen molar-refractivity contribution in [3.8, 4) is 0 Å². The van der Waals surface area contributed by atoms with Gasteiger partial charge in [-0.1, -0.05) is 17.7 Å². The van der Waals surface area contributed by atoms with E-state index in [1.807, 2.05) is 0 Å². The fourth-order valence-corrected chi connectivity index (χ4v) is 4.27. The maximum Gasteiger partial charge on any atom is 0.152 e. The van der Waals surface area contributed by atoms with Crippen molar-refractivity contribution in [1.82, 2.24) is 0 Å². The van der Waals surface area contributed by atoms with E-state index in [0.29, 0.717) is 17.0 Å². The predicted octanol–water partition coefficient (Wildman–Crippen LogP) is 1.54. The van der Waals surface area contributed by atoms with Gasteiger partial charge in [0, 0.05) is 10.6 Å². The monoisotopic (exact) mass is 277 g/mol. The standard InChI is InChI=1S/C11H13ClFNO2S/c12-9-2-1-8(10(13)5-9)6-11(14)3-4-17(15,16)7-11/h1-2,5H,3-4,6-7,14H2. The zero-order valence-corrected chi connectivity index (χ0v) is 10.7. The van der Waals surface area contributed by atoms with Crippen molar-refractivity contribution in [2.75, 3.05) is 11.5 Å². The summed E-state index contributed by atoms with van der Waals surface area (Å²) in [5.41, 5.74) is 5.55. The van der Waals surface area contributed by atoms with Gasteiger partial charge < -0.3 is 5.73 Å². The molecule has 17 heavy (non-hydrogen) atoms. The summed E-state index contributed by atoms with van der Waals surface area (Å²) in [4.78, 5) is 0. The lowest BCUT2D eigenvalue weighted by atomic mass is 9.91. The van der Waals surface area contributed by atoms with Gasteiger partial charge in [-0.15, -0.1) is 0 Å². The number of hydrogen-bond acceptors (Lipinski definition) is 3. The number of halogens is 2. The molecule has 0 saturated carbocycles. The molecule has 0 aromatic heterocycles. The molecule has 2 rings (SSSR count). The minimum atomic E-state index is -3.07. The van der Waals surface area contributed by atoms with Crippen LogP contribution >= 0.6 is 11.6 Å². The molecule has 1 heterocycles. The van der Waals surface area contributed by atoms with Crippen LogP contribution in [0, 0.1) is 5.82 Å². The van der Waals surface area contributed by atoms with Crippen molar-refractivity contribution >= 4 is 21.4 Å². The minimum absolute atomic E-state index is 0.0813. The second-order valence-electron chi connectivity index (χ2n) is 4.62. The molecule has 1 aromatic carbocycles. The van der Waals surface area contributed by atoms with Crippen LogP contribution in [-0.4, -0.2) is 25.5 Å². The molecule has 1 fully saturated rings. The van der Waals surface area contributed by atoms with Gasteiger partial charge in [0.25, 0.3) is 0 Å².